The summed E-state index contributed by atoms with van der Waals surface area (Å²) in [5.74, 6) is 4.59. The van der Waals surface area contributed by atoms with Crippen LogP contribution in [0.2, 0.25) is 12.6 Å². The molecule has 4 aromatic rings. The van der Waals surface area contributed by atoms with Crippen LogP contribution in [0.4, 0.5) is 19.2 Å². The van der Waals surface area contributed by atoms with Gasteiger partial charge in [0.2, 0.25) is 0 Å². The van der Waals surface area contributed by atoms with Gasteiger partial charge in [0.25, 0.3) is 7.41 Å². The van der Waals surface area contributed by atoms with Crippen molar-refractivity contribution in [3.8, 4) is 0 Å². The summed E-state index contributed by atoms with van der Waals surface area (Å²) in [5.41, 5.74) is 13.0. The van der Waals surface area contributed by atoms with Crippen LogP contribution in [-0.4, -0.2) is 316 Å². The van der Waals surface area contributed by atoms with Gasteiger partial charge in [-0.15, -0.1) is 17.4 Å². The molecule has 8 bridgehead atoms. The van der Waals surface area contributed by atoms with E-state index in [1.807, 2.05) is 62.5 Å². The van der Waals surface area contributed by atoms with E-state index in [4.69, 9.17) is 34.5 Å². The minimum absolute atomic E-state index is 0.0570. The predicted molar refractivity (Wildman–Crippen MR) is 395 cm³/mol. The fourth-order valence-corrected chi connectivity index (χ4v) is 11.7. The number of likely N-dealkylation sites (N-methyl/N-ethyl adjacent to an activating group) is 1. The molecule has 8 amide bonds. The first-order valence-electron chi connectivity index (χ1n) is 34.1. The van der Waals surface area contributed by atoms with Crippen LogP contribution in [0.3, 0.4) is 0 Å². The molecule has 0 saturated carbocycles. The number of urea groups is 4. The fourth-order valence-electron chi connectivity index (χ4n) is 11.3. The predicted octanol–water partition coefficient (Wildman–Crippen LogP) is 1.04. The number of ketones is 1. The van der Waals surface area contributed by atoms with E-state index >= 15 is 0 Å². The van der Waals surface area contributed by atoms with E-state index in [1.165, 1.54) is 29.4 Å². The minimum atomic E-state index is -4.79. The smallest absolute Gasteiger partial charge is 0.396 e. The molecule has 8 aliphatic heterocycles. The standard InChI is InChI=1S/C18H23BN5O4.C16H21BN5O3.C14H16N4O3.C13H18N6O6S.C3H8BN2O2/c1-3-8-28-24-16-10-15(11-22(12-16)18(24)26)23-7-5-17(20-23)14(2)21-27-9-4-6-19-13-25;1-12(19-25-7-3-5-17-11-23)15-4-6-22(18-15)14-8-13-9-21(10-14)16(24)20(13)2;1-3-6-21-18-12-7-11(8-16(9-12)14(18)20)17-5-4-13(15-17)10(2)19;1-9(16-24-5-3-14)12-2-4-18(15-12)10-6-11-8-17(7-10)13(20)19(11)25-26(21,22)23;5-8-2-1-6-4-3-7/h3,5,7,10,13,16H,1,4,6,8-9,11-12H2,2H3;4,6,8,11,13H,3,5,7,9-10H2,1-2H3;3-5,7,12H,1,6,8-9H2,2H3;2,4,6,11H,3,5,7-8,14H2,1H3,(H,21,22,23);3,6H,1-2,5H2/b21-14-;19-12-;;16-9-;. The first-order chi connectivity index (χ1) is 52.0. The van der Waals surface area contributed by atoms with Crippen molar-refractivity contribution in [2.24, 2.45) is 27.1 Å². The lowest BCUT2D eigenvalue weighted by atomic mass is 9.76. The molecule has 40 nitrogen and oxygen atoms in total. The Morgan fingerprint density at radius 2 is 0.944 bits per heavy atom. The number of aromatic nitrogens is 8. The van der Waals surface area contributed by atoms with Crippen LogP contribution in [0.25, 0.3) is 22.8 Å². The average Bonchev–Trinajstić information content (AvgIpc) is 1.57. The maximum atomic E-state index is 12.4. The largest absolute Gasteiger partial charge is 0.418 e. The molecule has 4 aromatic heterocycles. The molecule has 575 valence electrons. The van der Waals surface area contributed by atoms with Gasteiger partial charge in [-0.3, -0.25) is 19.0 Å². The van der Waals surface area contributed by atoms with Crippen LogP contribution in [-0.2, 0) is 58.1 Å². The second-order valence-corrected chi connectivity index (χ2v) is 25.4. The lowest BCUT2D eigenvalue weighted by Gasteiger charge is -2.21. The number of amides is 8. The molecule has 0 aromatic carbocycles. The molecule has 8 aliphatic rings. The molecule has 12 rings (SSSR count). The van der Waals surface area contributed by atoms with Gasteiger partial charge >= 0.3 is 34.5 Å². The number of fused-ring (bicyclic) bond motifs is 8. The molecule has 6 N–H and O–H groups in total. The van der Waals surface area contributed by atoms with Crippen LogP contribution in [0, 0.1) is 0 Å². The minimum Gasteiger partial charge on any atom is -0.396 e. The zero-order valence-electron chi connectivity index (χ0n) is 60.4. The van der Waals surface area contributed by atoms with Crippen LogP contribution < -0.4 is 16.9 Å². The zero-order chi connectivity index (χ0) is 77.9. The summed E-state index contributed by atoms with van der Waals surface area (Å²) in [5, 5.41) is 35.7. The normalized spacial score (nSPS) is 19.1. The number of oxime groups is 3. The molecule has 4 saturated heterocycles. The van der Waals surface area contributed by atoms with Gasteiger partial charge in [0.1, 0.15) is 65.8 Å². The lowest BCUT2D eigenvalue weighted by Crippen LogP contribution is -2.35. The highest BCUT2D eigenvalue weighted by molar-refractivity contribution is 7.80. The van der Waals surface area contributed by atoms with Crippen molar-refractivity contribution < 1.29 is 84.6 Å². The number of carbonyl (C=O) groups is 8. The van der Waals surface area contributed by atoms with Gasteiger partial charge in [0, 0.05) is 78.0 Å². The molecule has 108 heavy (non-hydrogen) atoms. The van der Waals surface area contributed by atoms with Gasteiger partial charge in [-0.2, -0.15) is 44.0 Å². The van der Waals surface area contributed by atoms with Crippen molar-refractivity contribution in [2.75, 3.05) is 112 Å². The molecular weight excluding hydrogens is 1430 g/mol. The van der Waals surface area contributed by atoms with Gasteiger partial charge in [-0.25, -0.2) is 43.8 Å². The Bertz CT molecular complexity index is 4180. The van der Waals surface area contributed by atoms with Gasteiger partial charge in [-0.1, -0.05) is 40.3 Å². The molecule has 0 aliphatic carbocycles. The third kappa shape index (κ3) is 22.9. The highest BCUT2D eigenvalue weighted by Gasteiger charge is 2.45. The van der Waals surface area contributed by atoms with E-state index in [0.717, 1.165) is 54.5 Å². The summed E-state index contributed by atoms with van der Waals surface area (Å²) in [7, 11) is 1.43. The summed E-state index contributed by atoms with van der Waals surface area (Å²) >= 11 is 0. The second-order valence-electron chi connectivity index (χ2n) is 24.4. The third-order valence-electron chi connectivity index (χ3n) is 16.5. The van der Waals surface area contributed by atoms with Crippen LogP contribution >= 0.6 is 0 Å². The number of carbonyl (C=O) groups excluding carboxylic acids is 8. The summed E-state index contributed by atoms with van der Waals surface area (Å²) < 4.78 is 41.7. The van der Waals surface area contributed by atoms with Gasteiger partial charge < -0.3 is 69.2 Å². The van der Waals surface area contributed by atoms with Gasteiger partial charge in [0.15, 0.2) is 20.3 Å². The van der Waals surface area contributed by atoms with E-state index in [9.17, 15) is 46.8 Å². The number of hydroxylamine groups is 6. The number of hydrogen-bond donors (Lipinski definition) is 4. The summed E-state index contributed by atoms with van der Waals surface area (Å²) in [6.07, 6.45) is 23.1. The molecule has 3 radical (unpaired) electrons. The van der Waals surface area contributed by atoms with E-state index in [0.29, 0.717) is 136 Å². The van der Waals surface area contributed by atoms with Crippen molar-refractivity contribution in [1.82, 2.24) is 84.0 Å². The molecule has 4 atom stereocenters. The Hall–Kier alpha value is -10.7. The number of rotatable bonds is 36. The van der Waals surface area contributed by atoms with Gasteiger partial charge in [-0.05, 0) is 82.2 Å². The Kier molecular flexibility index (Phi) is 31.4. The van der Waals surface area contributed by atoms with Gasteiger partial charge in [0.05, 0.1) is 105 Å². The van der Waals surface area contributed by atoms with Crippen molar-refractivity contribution in [2.45, 2.75) is 77.3 Å². The molecule has 0 spiro atoms. The maximum Gasteiger partial charge on any atom is 0.418 e. The SMILES string of the molecule is C/C(=N/OCCC[B]C=O)c1ccn(C2=CC3CN(C2)C(=O)N3C)n1.C/C(=N/OCCN)c1ccn(C2=CC3CN(C2)C(=O)N3OS(=O)(=O)O)n1.C=CCON1C(=O)N2CC(n3ccc(/C(C)=N\OCCC[B]C=O)n3)=CC1C2.C=CCON1C(=O)N2CC(n3ccc(C(C)=O)n3)=CC1C2.NOCCN[B]C=O. The Morgan fingerprint density at radius 1 is 0.574 bits per heavy atom. The maximum absolute atomic E-state index is 12.4. The Morgan fingerprint density at radius 3 is 1.31 bits per heavy atom. The Balaban J connectivity index is 0.000000176. The number of nitrogens with zero attached hydrogens (tertiary/aromatic N) is 19. The van der Waals surface area contributed by atoms with Crippen molar-refractivity contribution in [3.05, 3.63) is 121 Å². The monoisotopic (exact) mass is 1520 g/mol. The topological polar surface area (TPSA) is 454 Å². The second kappa shape index (κ2) is 40.8. The average molecular weight is 1520 g/mol. The number of Topliss-reactive ketones (excluding diaryl/α,β-unsaturated/α-hetero) is 1. The highest BCUT2D eigenvalue weighted by atomic mass is 32.3. The summed E-state index contributed by atoms with van der Waals surface area (Å²) in [4.78, 5) is 129. The van der Waals surface area contributed by atoms with E-state index in [2.05, 4.69) is 75.3 Å². The lowest BCUT2D eigenvalue weighted by molar-refractivity contribution is -0.107. The molecule has 4 fully saturated rings. The number of hydrogen-bond acceptors (Lipinski definition) is 27. The van der Waals surface area contributed by atoms with Crippen molar-refractivity contribution >= 4 is 121 Å². The zero-order valence-corrected chi connectivity index (χ0v) is 61.2. The number of nitrogens with two attached hydrogens (primary N) is 2. The Labute approximate surface area is 624 Å². The number of nitrogens with one attached hydrogen (secondary N) is 1. The molecular formula is C64H86B3N22O18S. The first kappa shape index (κ1) is 82.9. The molecule has 44 heteroatoms. The summed E-state index contributed by atoms with van der Waals surface area (Å²) in [6, 6.07) is 5.36. The van der Waals surface area contributed by atoms with E-state index < -0.39 is 22.5 Å². The quantitative estimate of drug-likeness (QED) is 0.00722. The molecule has 4 unspecified atom stereocenters. The van der Waals surface area contributed by atoms with E-state index in [1.54, 1.807) is 97.7 Å². The summed E-state index contributed by atoms with van der Waals surface area (Å²) in [6.45, 7) is 21.0. The van der Waals surface area contributed by atoms with Crippen LogP contribution in [0.1, 0.15) is 68.1 Å². The van der Waals surface area contributed by atoms with Crippen molar-refractivity contribution in [3.63, 3.8) is 0 Å². The van der Waals surface area contributed by atoms with Crippen LogP contribution in [0.15, 0.2) is 114 Å². The first-order valence-corrected chi connectivity index (χ1v) is 35.5. The van der Waals surface area contributed by atoms with E-state index in [-0.39, 0.29) is 68.3 Å². The fraction of sp³-hybridized carbons (Fsp3) is 0.453. The van der Waals surface area contributed by atoms with Crippen LogP contribution in [0.5, 0.6) is 0 Å². The molecule has 12 heterocycles. The highest BCUT2D eigenvalue weighted by Crippen LogP contribution is 2.31. The third-order valence-corrected chi connectivity index (χ3v) is 16.9. The van der Waals surface area contributed by atoms with Crippen molar-refractivity contribution in [1.29, 1.82) is 0 Å².